The van der Waals surface area contributed by atoms with E-state index in [-0.39, 0.29) is 16.8 Å². The van der Waals surface area contributed by atoms with Gasteiger partial charge in [-0.1, -0.05) is 61.9 Å². The van der Waals surface area contributed by atoms with E-state index < -0.39 is 5.92 Å². The van der Waals surface area contributed by atoms with E-state index in [0.29, 0.717) is 17.8 Å². The minimum Gasteiger partial charge on any atom is -0.313 e. The second-order valence-corrected chi connectivity index (χ2v) is 9.28. The molecule has 1 aliphatic carbocycles. The van der Waals surface area contributed by atoms with Crippen LogP contribution in [0.3, 0.4) is 0 Å². The van der Waals surface area contributed by atoms with Crippen molar-refractivity contribution in [2.75, 3.05) is 4.90 Å². The zero-order valence-corrected chi connectivity index (χ0v) is 18.0. The Kier molecular flexibility index (Phi) is 4.43. The van der Waals surface area contributed by atoms with Crippen LogP contribution in [0.15, 0.2) is 77.0 Å². The molecule has 0 bridgehead atoms. The van der Waals surface area contributed by atoms with Gasteiger partial charge < -0.3 is 4.98 Å². The average molecular weight is 412 g/mol. The third-order valence-corrected chi connectivity index (χ3v) is 6.25. The van der Waals surface area contributed by atoms with Gasteiger partial charge in [-0.25, -0.2) is 4.98 Å². The van der Waals surface area contributed by atoms with E-state index >= 15 is 0 Å². The highest BCUT2D eigenvalue weighted by molar-refractivity contribution is 6.02. The number of Topliss-reactive ketones (excluding diaryl/α,β-unsaturated/α-hetero) is 1. The standard InChI is InChI=1S/C26H25N3O2/c1-16-9-11-18(12-10-16)29-19-13-26(2,3)14-20(30)22(19)21(17-7-5-4-6-8-17)23-24(29)27-15-28-25(23)31/h4-12,15,21H,13-14H2,1-3H3,(H,27,28,31). The van der Waals surface area contributed by atoms with Crippen LogP contribution >= 0.6 is 0 Å². The Morgan fingerprint density at radius 1 is 1.00 bits per heavy atom. The van der Waals surface area contributed by atoms with E-state index in [4.69, 9.17) is 0 Å². The molecular formula is C26H25N3O2. The Morgan fingerprint density at radius 2 is 1.71 bits per heavy atom. The fraction of sp³-hybridized carbons (Fsp3) is 0.269. The zero-order valence-electron chi connectivity index (χ0n) is 18.0. The van der Waals surface area contributed by atoms with Crippen molar-refractivity contribution in [3.63, 3.8) is 0 Å². The second kappa shape index (κ2) is 7.05. The molecular weight excluding hydrogens is 386 g/mol. The lowest BCUT2D eigenvalue weighted by Crippen LogP contribution is -2.40. The zero-order chi connectivity index (χ0) is 21.8. The molecule has 0 saturated heterocycles. The second-order valence-electron chi connectivity index (χ2n) is 9.28. The van der Waals surface area contributed by atoms with Gasteiger partial charge in [-0.15, -0.1) is 0 Å². The lowest BCUT2D eigenvalue weighted by Gasteiger charge is -2.43. The number of carbonyl (C=O) groups is 1. The number of hydrogen-bond acceptors (Lipinski definition) is 4. The molecule has 156 valence electrons. The minimum absolute atomic E-state index is 0.103. The van der Waals surface area contributed by atoms with Crippen LogP contribution in [0.2, 0.25) is 0 Å². The summed E-state index contributed by atoms with van der Waals surface area (Å²) in [5.74, 6) is 0.283. The van der Waals surface area contributed by atoms with Crippen LogP contribution in [0.4, 0.5) is 11.5 Å². The molecule has 5 rings (SSSR count). The van der Waals surface area contributed by atoms with Crippen LogP contribution in [0.1, 0.15) is 49.3 Å². The van der Waals surface area contributed by atoms with Crippen molar-refractivity contribution in [1.29, 1.82) is 0 Å². The maximum atomic E-state index is 13.6. The topological polar surface area (TPSA) is 66.1 Å². The Bertz CT molecular complexity index is 1250. The van der Waals surface area contributed by atoms with Crippen molar-refractivity contribution in [3.05, 3.63) is 99.2 Å². The highest BCUT2D eigenvalue weighted by Crippen LogP contribution is 2.52. The minimum atomic E-state index is -0.422. The van der Waals surface area contributed by atoms with E-state index in [2.05, 4.69) is 23.8 Å². The Balaban J connectivity index is 1.85. The van der Waals surface area contributed by atoms with Crippen molar-refractivity contribution in [1.82, 2.24) is 9.97 Å². The van der Waals surface area contributed by atoms with Gasteiger partial charge in [0.1, 0.15) is 5.82 Å². The molecule has 2 aromatic carbocycles. The number of aryl methyl sites for hydroxylation is 1. The first-order valence-corrected chi connectivity index (χ1v) is 10.6. The van der Waals surface area contributed by atoms with E-state index in [0.717, 1.165) is 34.5 Å². The van der Waals surface area contributed by atoms with E-state index in [1.165, 1.54) is 6.33 Å². The monoisotopic (exact) mass is 411 g/mol. The fourth-order valence-electron chi connectivity index (χ4n) is 4.89. The number of hydrogen-bond donors (Lipinski definition) is 1. The number of ketones is 1. The Morgan fingerprint density at radius 3 is 2.42 bits per heavy atom. The van der Waals surface area contributed by atoms with Gasteiger partial charge in [0.2, 0.25) is 0 Å². The first-order valence-electron chi connectivity index (χ1n) is 10.6. The maximum Gasteiger partial charge on any atom is 0.257 e. The van der Waals surface area contributed by atoms with Crippen LogP contribution in [0.5, 0.6) is 0 Å². The SMILES string of the molecule is Cc1ccc(N2C3=C(C(=O)CC(C)(C)C3)C(c3ccccc3)c3c2nc[nH]c3=O)cc1. The number of H-pyrrole nitrogens is 1. The highest BCUT2D eigenvalue weighted by Gasteiger charge is 2.45. The lowest BCUT2D eigenvalue weighted by atomic mass is 9.68. The van der Waals surface area contributed by atoms with Crippen molar-refractivity contribution < 1.29 is 4.79 Å². The number of allylic oxidation sites excluding steroid dienone is 2. The normalized spacial score (nSPS) is 19.8. The molecule has 5 heteroatoms. The molecule has 3 aromatic rings. The van der Waals surface area contributed by atoms with Crippen molar-refractivity contribution in [2.24, 2.45) is 5.41 Å². The predicted octanol–water partition coefficient (Wildman–Crippen LogP) is 5.01. The summed E-state index contributed by atoms with van der Waals surface area (Å²) in [6, 6.07) is 18.0. The lowest BCUT2D eigenvalue weighted by molar-refractivity contribution is -0.118. The number of aromatic nitrogens is 2. The van der Waals surface area contributed by atoms with Crippen LogP contribution in [-0.4, -0.2) is 15.8 Å². The van der Waals surface area contributed by atoms with E-state index in [1.807, 2.05) is 66.4 Å². The maximum absolute atomic E-state index is 13.6. The van der Waals surface area contributed by atoms with Gasteiger partial charge in [-0.2, -0.15) is 0 Å². The molecule has 0 fully saturated rings. The first kappa shape index (κ1) is 19.5. The predicted molar refractivity (Wildman–Crippen MR) is 122 cm³/mol. The summed E-state index contributed by atoms with van der Waals surface area (Å²) in [4.78, 5) is 36.1. The van der Waals surface area contributed by atoms with Crippen LogP contribution < -0.4 is 10.5 Å². The van der Waals surface area contributed by atoms with Crippen LogP contribution in [0, 0.1) is 12.3 Å². The van der Waals surface area contributed by atoms with Gasteiger partial charge in [0, 0.05) is 29.3 Å². The Hall–Kier alpha value is -3.47. The number of rotatable bonds is 2. The number of aromatic amines is 1. The highest BCUT2D eigenvalue weighted by atomic mass is 16.1. The smallest absolute Gasteiger partial charge is 0.257 e. The fourth-order valence-corrected chi connectivity index (χ4v) is 4.89. The van der Waals surface area contributed by atoms with Gasteiger partial charge >= 0.3 is 0 Å². The summed E-state index contributed by atoms with van der Waals surface area (Å²) >= 11 is 0. The molecule has 0 spiro atoms. The van der Waals surface area contributed by atoms with Crippen molar-refractivity contribution in [2.45, 2.75) is 39.5 Å². The van der Waals surface area contributed by atoms with E-state index in [1.54, 1.807) is 0 Å². The summed E-state index contributed by atoms with van der Waals surface area (Å²) in [5.41, 5.74) is 4.82. The first-order chi connectivity index (χ1) is 14.9. The molecule has 1 atom stereocenters. The third kappa shape index (κ3) is 3.21. The van der Waals surface area contributed by atoms with Crippen LogP contribution in [0.25, 0.3) is 0 Å². The largest absolute Gasteiger partial charge is 0.313 e. The van der Waals surface area contributed by atoms with Gasteiger partial charge in [0.05, 0.1) is 11.9 Å². The van der Waals surface area contributed by atoms with Gasteiger partial charge in [0.15, 0.2) is 5.78 Å². The van der Waals surface area contributed by atoms with Crippen molar-refractivity contribution >= 4 is 17.3 Å². The summed E-state index contributed by atoms with van der Waals surface area (Å²) in [7, 11) is 0. The molecule has 1 aromatic heterocycles. The van der Waals surface area contributed by atoms with Crippen molar-refractivity contribution in [3.8, 4) is 0 Å². The molecule has 0 radical (unpaired) electrons. The molecule has 2 heterocycles. The van der Waals surface area contributed by atoms with Gasteiger partial charge in [0.25, 0.3) is 5.56 Å². The molecule has 1 unspecified atom stereocenters. The molecule has 1 aliphatic heterocycles. The third-order valence-electron chi connectivity index (χ3n) is 6.25. The number of benzene rings is 2. The molecule has 31 heavy (non-hydrogen) atoms. The summed E-state index contributed by atoms with van der Waals surface area (Å²) < 4.78 is 0. The van der Waals surface area contributed by atoms with Crippen LogP contribution in [-0.2, 0) is 4.79 Å². The number of nitrogens with one attached hydrogen (secondary N) is 1. The number of carbonyl (C=O) groups excluding carboxylic acids is 1. The number of fused-ring (bicyclic) bond motifs is 1. The molecule has 2 aliphatic rings. The Labute approximate surface area is 181 Å². The van der Waals surface area contributed by atoms with Gasteiger partial charge in [-0.05, 0) is 36.5 Å². The average Bonchev–Trinajstić information content (AvgIpc) is 2.73. The molecule has 0 amide bonds. The number of nitrogens with zero attached hydrogens (tertiary/aromatic N) is 2. The van der Waals surface area contributed by atoms with E-state index in [9.17, 15) is 9.59 Å². The summed E-state index contributed by atoms with van der Waals surface area (Å²) in [6.07, 6.45) is 2.65. The van der Waals surface area contributed by atoms with Gasteiger partial charge in [-0.3, -0.25) is 14.5 Å². The number of anilines is 2. The molecule has 1 N–H and O–H groups in total. The molecule has 0 saturated carbocycles. The summed E-state index contributed by atoms with van der Waals surface area (Å²) in [5, 5.41) is 0. The summed E-state index contributed by atoms with van der Waals surface area (Å²) in [6.45, 7) is 6.29. The quantitative estimate of drug-likeness (QED) is 0.644. The molecule has 5 nitrogen and oxygen atoms in total.